The molecule has 4 nitrogen and oxygen atoms in total. The molecule has 22 heavy (non-hydrogen) atoms. The normalized spacial score (nSPS) is 10.3. The molecule has 0 spiro atoms. The minimum Gasteiger partial charge on any atom is -0.550 e. The lowest BCUT2D eigenvalue weighted by Gasteiger charge is -2.12. The first-order valence-electron chi connectivity index (χ1n) is 7.13. The predicted molar refractivity (Wildman–Crippen MR) is 81.8 cm³/mol. The predicted octanol–water partition coefficient (Wildman–Crippen LogP) is 2.27. The molecule has 2 aromatic rings. The number of carbonyl (C=O) groups is 1. The van der Waals surface area contributed by atoms with Crippen LogP contribution in [0.1, 0.15) is 23.1 Å². The average Bonchev–Trinajstić information content (AvgIpc) is 2.52. The zero-order chi connectivity index (χ0) is 15.9. The fraction of sp³-hybridized carbons (Fsp3) is 0.278. The minimum atomic E-state index is -1.06. The molecule has 0 N–H and O–H groups in total. The Labute approximate surface area is 130 Å². The van der Waals surface area contributed by atoms with Crippen LogP contribution in [0, 0.1) is 6.92 Å². The Morgan fingerprint density at radius 3 is 2.36 bits per heavy atom. The minimum absolute atomic E-state index is 0.00722. The molecule has 0 bridgehead atoms. The average molecular weight is 299 g/mol. The van der Waals surface area contributed by atoms with Crippen LogP contribution in [0.2, 0.25) is 0 Å². The van der Waals surface area contributed by atoms with E-state index in [4.69, 9.17) is 9.47 Å². The lowest BCUT2D eigenvalue weighted by atomic mass is 10.1. The van der Waals surface area contributed by atoms with E-state index in [9.17, 15) is 9.90 Å². The fourth-order valence-corrected chi connectivity index (χ4v) is 2.08. The van der Waals surface area contributed by atoms with Gasteiger partial charge in [0.15, 0.2) is 11.5 Å². The van der Waals surface area contributed by atoms with Crippen LogP contribution in [0.25, 0.3) is 0 Å². The molecule has 0 unspecified atom stereocenters. The van der Waals surface area contributed by atoms with Crippen LogP contribution in [-0.4, -0.2) is 13.1 Å². The van der Waals surface area contributed by atoms with Crippen LogP contribution in [0.15, 0.2) is 42.5 Å². The van der Waals surface area contributed by atoms with Crippen molar-refractivity contribution in [3.8, 4) is 11.5 Å². The first kappa shape index (κ1) is 15.9. The molecule has 0 amide bonds. The molecule has 0 atom stereocenters. The summed E-state index contributed by atoms with van der Waals surface area (Å²) in [6.45, 7) is 2.49. The number of carbonyl (C=O) groups excluding carboxylic acids is 1. The van der Waals surface area contributed by atoms with Gasteiger partial charge in [-0.15, -0.1) is 0 Å². The van der Waals surface area contributed by atoms with Gasteiger partial charge in [0.2, 0.25) is 0 Å². The molecule has 0 aromatic heterocycles. The summed E-state index contributed by atoms with van der Waals surface area (Å²) in [5.41, 5.74) is 3.16. The van der Waals surface area contributed by atoms with Crippen LogP contribution in [0.3, 0.4) is 0 Å². The van der Waals surface area contributed by atoms with Crippen LogP contribution < -0.4 is 14.6 Å². The summed E-state index contributed by atoms with van der Waals surface area (Å²) in [5, 5.41) is 10.5. The zero-order valence-corrected chi connectivity index (χ0v) is 12.8. The molecular weight excluding hydrogens is 280 g/mol. The van der Waals surface area contributed by atoms with Gasteiger partial charge in [-0.1, -0.05) is 35.9 Å². The summed E-state index contributed by atoms with van der Waals surface area (Å²) in [7, 11) is 1.57. The Hall–Kier alpha value is -2.49. The molecule has 2 aromatic carbocycles. The lowest BCUT2D eigenvalue weighted by Crippen LogP contribution is -2.22. The highest BCUT2D eigenvalue weighted by molar-refractivity contribution is 5.64. The van der Waals surface area contributed by atoms with E-state index in [-0.39, 0.29) is 6.42 Å². The molecule has 0 aliphatic carbocycles. The van der Waals surface area contributed by atoms with Crippen molar-refractivity contribution in [3.63, 3.8) is 0 Å². The number of aryl methyl sites for hydroxylation is 2. The standard InChI is InChI=1S/C18H20O4/c1-13-3-5-15(6-4-13)12-22-16-9-7-14(8-10-18(19)20)11-17(16)21-2/h3-7,9,11H,8,10,12H2,1-2H3,(H,19,20)/p-1. The number of aliphatic carboxylic acids is 1. The van der Waals surface area contributed by atoms with E-state index in [1.807, 2.05) is 37.3 Å². The molecule has 0 saturated carbocycles. The lowest BCUT2D eigenvalue weighted by molar-refractivity contribution is -0.305. The molecule has 4 heteroatoms. The van der Waals surface area contributed by atoms with Crippen molar-refractivity contribution in [2.75, 3.05) is 7.11 Å². The van der Waals surface area contributed by atoms with Gasteiger partial charge in [-0.25, -0.2) is 0 Å². The number of carboxylic acids is 1. The van der Waals surface area contributed by atoms with Crippen molar-refractivity contribution in [2.24, 2.45) is 0 Å². The van der Waals surface area contributed by atoms with Crippen LogP contribution in [0.5, 0.6) is 11.5 Å². The van der Waals surface area contributed by atoms with Gasteiger partial charge in [0.25, 0.3) is 0 Å². The highest BCUT2D eigenvalue weighted by Crippen LogP contribution is 2.29. The Morgan fingerprint density at radius 2 is 1.73 bits per heavy atom. The zero-order valence-electron chi connectivity index (χ0n) is 12.8. The van der Waals surface area contributed by atoms with E-state index in [0.29, 0.717) is 24.5 Å². The second-order valence-electron chi connectivity index (χ2n) is 5.13. The van der Waals surface area contributed by atoms with Crippen molar-refractivity contribution in [1.29, 1.82) is 0 Å². The van der Waals surface area contributed by atoms with Gasteiger partial charge < -0.3 is 19.4 Å². The summed E-state index contributed by atoms with van der Waals surface area (Å²) in [6.07, 6.45) is 0.406. The maximum atomic E-state index is 10.5. The van der Waals surface area contributed by atoms with Gasteiger partial charge in [0.05, 0.1) is 7.11 Å². The molecular formula is C18H19O4-. The van der Waals surface area contributed by atoms with Crippen molar-refractivity contribution in [1.82, 2.24) is 0 Å². The SMILES string of the molecule is COc1cc(CCC(=O)[O-])ccc1OCc1ccc(C)cc1. The van der Waals surface area contributed by atoms with Crippen molar-refractivity contribution in [3.05, 3.63) is 59.2 Å². The quantitative estimate of drug-likeness (QED) is 0.787. The van der Waals surface area contributed by atoms with Gasteiger partial charge in [0, 0.05) is 5.97 Å². The number of methoxy groups -OCH3 is 1. The first-order valence-corrected chi connectivity index (χ1v) is 7.13. The smallest absolute Gasteiger partial charge is 0.161 e. The van der Waals surface area contributed by atoms with Gasteiger partial charge in [-0.2, -0.15) is 0 Å². The molecule has 0 aliphatic rings. The molecule has 0 saturated heterocycles. The summed E-state index contributed by atoms with van der Waals surface area (Å²) >= 11 is 0. The first-order chi connectivity index (χ1) is 10.6. The monoisotopic (exact) mass is 299 g/mol. The Balaban J connectivity index is 2.03. The Bertz CT molecular complexity index is 632. The summed E-state index contributed by atoms with van der Waals surface area (Å²) in [5.74, 6) is 0.182. The van der Waals surface area contributed by atoms with E-state index in [2.05, 4.69) is 0 Å². The van der Waals surface area contributed by atoms with E-state index >= 15 is 0 Å². The van der Waals surface area contributed by atoms with Gasteiger partial charge in [-0.3, -0.25) is 0 Å². The number of rotatable bonds is 7. The molecule has 0 heterocycles. The molecule has 0 aliphatic heterocycles. The Kier molecular flexibility index (Phi) is 5.42. The van der Waals surface area contributed by atoms with E-state index < -0.39 is 5.97 Å². The van der Waals surface area contributed by atoms with Gasteiger partial charge in [-0.05, 0) is 43.0 Å². The fourth-order valence-electron chi connectivity index (χ4n) is 2.08. The van der Waals surface area contributed by atoms with E-state index in [0.717, 1.165) is 11.1 Å². The molecule has 2 rings (SSSR count). The van der Waals surface area contributed by atoms with Crippen LogP contribution in [0.4, 0.5) is 0 Å². The second kappa shape index (κ2) is 7.50. The Morgan fingerprint density at radius 1 is 1.05 bits per heavy atom. The van der Waals surface area contributed by atoms with Crippen molar-refractivity contribution in [2.45, 2.75) is 26.4 Å². The second-order valence-corrected chi connectivity index (χ2v) is 5.13. The molecule has 116 valence electrons. The number of ether oxygens (including phenoxy) is 2. The summed E-state index contributed by atoms with van der Waals surface area (Å²) in [4.78, 5) is 10.5. The largest absolute Gasteiger partial charge is 0.550 e. The number of carboxylic acid groups (broad SMARTS) is 1. The number of hydrogen-bond acceptors (Lipinski definition) is 4. The maximum Gasteiger partial charge on any atom is 0.161 e. The molecule has 0 fully saturated rings. The highest BCUT2D eigenvalue weighted by Gasteiger charge is 2.06. The van der Waals surface area contributed by atoms with Crippen molar-refractivity contribution < 1.29 is 19.4 Å². The third-order valence-electron chi connectivity index (χ3n) is 3.36. The molecule has 0 radical (unpaired) electrons. The van der Waals surface area contributed by atoms with E-state index in [1.54, 1.807) is 19.2 Å². The maximum absolute atomic E-state index is 10.5. The van der Waals surface area contributed by atoms with Crippen molar-refractivity contribution >= 4 is 5.97 Å². The highest BCUT2D eigenvalue weighted by atomic mass is 16.5. The summed E-state index contributed by atoms with van der Waals surface area (Å²) < 4.78 is 11.1. The third kappa shape index (κ3) is 4.52. The van der Waals surface area contributed by atoms with Crippen LogP contribution >= 0.6 is 0 Å². The number of hydrogen-bond donors (Lipinski definition) is 0. The number of benzene rings is 2. The summed E-state index contributed by atoms with van der Waals surface area (Å²) in [6, 6.07) is 13.6. The third-order valence-corrected chi connectivity index (χ3v) is 3.36. The van der Waals surface area contributed by atoms with Gasteiger partial charge >= 0.3 is 0 Å². The van der Waals surface area contributed by atoms with Crippen LogP contribution in [-0.2, 0) is 17.8 Å². The topological polar surface area (TPSA) is 58.6 Å². The van der Waals surface area contributed by atoms with Gasteiger partial charge in [0.1, 0.15) is 6.61 Å². The van der Waals surface area contributed by atoms with E-state index in [1.165, 1.54) is 5.56 Å².